The van der Waals surface area contributed by atoms with Crippen LogP contribution >= 0.6 is 0 Å². The van der Waals surface area contributed by atoms with Gasteiger partial charge in [0, 0.05) is 68.4 Å². The number of nitrogen functional groups attached to an aromatic ring is 1. The summed E-state index contributed by atoms with van der Waals surface area (Å²) in [7, 11) is 0. The quantitative estimate of drug-likeness (QED) is 0.419. The largest absolute Gasteiger partial charge is 0.436 e. The fourth-order valence-electron chi connectivity index (χ4n) is 5.40. The summed E-state index contributed by atoms with van der Waals surface area (Å²) < 4.78 is 35.5. The highest BCUT2D eigenvalue weighted by Crippen LogP contribution is 2.36. The lowest BCUT2D eigenvalue weighted by molar-refractivity contribution is 0.0642. The van der Waals surface area contributed by atoms with E-state index in [-0.39, 0.29) is 18.1 Å². The normalized spacial score (nSPS) is 17.0. The third kappa shape index (κ3) is 6.03. The molecule has 44 heavy (non-hydrogen) atoms. The van der Waals surface area contributed by atoms with Crippen LogP contribution in [0.3, 0.4) is 0 Å². The first-order chi connectivity index (χ1) is 21.3. The molecule has 2 aromatic heterocycles. The van der Waals surface area contributed by atoms with Crippen molar-refractivity contribution in [3.63, 3.8) is 0 Å². The van der Waals surface area contributed by atoms with E-state index in [0.29, 0.717) is 87.5 Å². The fraction of sp³-hybridized carbons (Fsp3) is 0.429. The minimum Gasteiger partial charge on any atom is -0.378 e. The van der Waals surface area contributed by atoms with Gasteiger partial charge in [0.25, 0.3) is 5.91 Å². The maximum Gasteiger partial charge on any atom is 0.436 e. The molecule has 232 valence electrons. The van der Waals surface area contributed by atoms with E-state index in [0.717, 1.165) is 18.7 Å². The van der Waals surface area contributed by atoms with Crippen molar-refractivity contribution >= 4 is 35.4 Å². The van der Waals surface area contributed by atoms with Gasteiger partial charge in [0.1, 0.15) is 5.69 Å². The van der Waals surface area contributed by atoms with Crippen molar-refractivity contribution in [1.82, 2.24) is 29.7 Å². The van der Waals surface area contributed by atoms with E-state index in [1.165, 1.54) is 5.06 Å². The molecule has 0 spiro atoms. The predicted octanol–water partition coefficient (Wildman–Crippen LogP) is 1.93. The molecule has 0 bridgehead atoms. The van der Waals surface area contributed by atoms with Gasteiger partial charge in [0.15, 0.2) is 17.5 Å². The monoisotopic (exact) mass is 610 g/mol. The minimum absolute atomic E-state index is 0.112. The summed E-state index contributed by atoms with van der Waals surface area (Å²) in [5.74, 6) is -1.83. The molecule has 0 unspecified atom stereocenters. The third-order valence-corrected chi connectivity index (χ3v) is 7.83. The zero-order valence-corrected chi connectivity index (χ0v) is 24.1. The van der Waals surface area contributed by atoms with Crippen LogP contribution in [0.1, 0.15) is 22.8 Å². The second kappa shape index (κ2) is 12.5. The number of carbonyl (C=O) groups excluding carboxylic acids is 2. The highest BCUT2D eigenvalue weighted by Gasteiger charge is 2.32. The Bertz CT molecular complexity index is 1520. The van der Waals surface area contributed by atoms with Crippen LogP contribution in [0.15, 0.2) is 24.5 Å². The molecule has 5 heterocycles. The number of ether oxygens (including phenoxy) is 1. The van der Waals surface area contributed by atoms with Crippen molar-refractivity contribution in [3.8, 4) is 11.3 Å². The molecular formula is C28H32F2N10O4. The molecule has 2 fully saturated rings. The molecule has 0 saturated carbocycles. The standard InChI is InChI=1S/C28H32F2N10O4/c1-2-37-5-7-38(8-6-37)25(41)17-13-20(29)23(21(30)14-17)35-28(42)44-40-4-3-19-22(18-15-32-26(31)33-16-18)34-27(36-24(19)40)39-9-11-43-12-10-39/h13-16H,2-12H2,1H3,(H,35,42)(H2,31,32,33). The summed E-state index contributed by atoms with van der Waals surface area (Å²) in [6, 6.07) is 1.84. The maximum absolute atomic E-state index is 15.0. The molecule has 0 aliphatic carbocycles. The number of amides is 2. The number of hydrogen-bond donors (Lipinski definition) is 2. The summed E-state index contributed by atoms with van der Waals surface area (Å²) in [6.07, 6.45) is 2.39. The number of aromatic nitrogens is 4. The van der Waals surface area contributed by atoms with E-state index < -0.39 is 29.3 Å². The number of hydroxylamine groups is 1. The number of halogens is 2. The molecule has 3 aliphatic rings. The number of hydrogen-bond acceptors (Lipinski definition) is 12. The van der Waals surface area contributed by atoms with Crippen LogP contribution in [0.5, 0.6) is 0 Å². The molecule has 0 radical (unpaired) electrons. The second-order valence-electron chi connectivity index (χ2n) is 10.5. The first-order valence-electron chi connectivity index (χ1n) is 14.4. The van der Waals surface area contributed by atoms with Crippen molar-refractivity contribution in [3.05, 3.63) is 47.3 Å². The Morgan fingerprint density at radius 1 is 1.00 bits per heavy atom. The van der Waals surface area contributed by atoms with Crippen molar-refractivity contribution in [2.75, 3.05) is 86.6 Å². The number of nitrogens with zero attached hydrogens (tertiary/aromatic N) is 8. The van der Waals surface area contributed by atoms with E-state index >= 15 is 8.78 Å². The van der Waals surface area contributed by atoms with Crippen molar-refractivity contribution < 1.29 is 27.9 Å². The third-order valence-electron chi connectivity index (χ3n) is 7.83. The number of likely N-dealkylation sites (N-methyl/N-ethyl adjacent to an activating group) is 1. The Labute approximate surface area is 251 Å². The first-order valence-corrected chi connectivity index (χ1v) is 14.4. The van der Waals surface area contributed by atoms with Crippen LogP contribution < -0.4 is 21.0 Å². The van der Waals surface area contributed by atoms with Gasteiger partial charge >= 0.3 is 6.09 Å². The summed E-state index contributed by atoms with van der Waals surface area (Å²) in [6.45, 7) is 7.54. The minimum atomic E-state index is -1.13. The molecule has 14 nitrogen and oxygen atoms in total. The smallest absolute Gasteiger partial charge is 0.378 e. The Morgan fingerprint density at radius 2 is 1.68 bits per heavy atom. The van der Waals surface area contributed by atoms with Gasteiger partial charge in [-0.05, 0) is 25.1 Å². The topological polar surface area (TPSA) is 155 Å². The highest BCUT2D eigenvalue weighted by atomic mass is 19.1. The zero-order valence-electron chi connectivity index (χ0n) is 24.1. The Hall–Kier alpha value is -4.70. The molecule has 3 aromatic rings. The van der Waals surface area contributed by atoms with Crippen molar-refractivity contribution in [1.29, 1.82) is 0 Å². The zero-order chi connectivity index (χ0) is 30.8. The molecule has 0 atom stereocenters. The number of fused-ring (bicyclic) bond motifs is 1. The van der Waals surface area contributed by atoms with Gasteiger partial charge in [-0.2, -0.15) is 10.0 Å². The van der Waals surface area contributed by atoms with Gasteiger partial charge in [-0.25, -0.2) is 28.5 Å². The van der Waals surface area contributed by atoms with Crippen molar-refractivity contribution in [2.45, 2.75) is 13.3 Å². The number of morpholine rings is 1. The van der Waals surface area contributed by atoms with E-state index in [9.17, 15) is 9.59 Å². The summed E-state index contributed by atoms with van der Waals surface area (Å²) in [4.78, 5) is 54.5. The van der Waals surface area contributed by atoms with Crippen LogP contribution in [-0.4, -0.2) is 107 Å². The molecule has 2 amide bonds. The number of carbonyl (C=O) groups is 2. The van der Waals surface area contributed by atoms with Gasteiger partial charge in [-0.3, -0.25) is 10.1 Å². The summed E-state index contributed by atoms with van der Waals surface area (Å²) in [5, 5.41) is 3.39. The second-order valence-corrected chi connectivity index (χ2v) is 10.5. The number of piperazine rings is 1. The Kier molecular flexibility index (Phi) is 8.34. The number of benzene rings is 1. The van der Waals surface area contributed by atoms with E-state index in [2.05, 4.69) is 25.2 Å². The van der Waals surface area contributed by atoms with E-state index in [4.69, 9.17) is 20.3 Å². The maximum atomic E-state index is 15.0. The Morgan fingerprint density at radius 3 is 2.34 bits per heavy atom. The molecule has 16 heteroatoms. The van der Waals surface area contributed by atoms with Gasteiger partial charge in [-0.1, -0.05) is 6.92 Å². The fourth-order valence-corrected chi connectivity index (χ4v) is 5.40. The van der Waals surface area contributed by atoms with Crippen LogP contribution in [0, 0.1) is 11.6 Å². The first kappa shape index (κ1) is 29.4. The number of nitrogens with two attached hydrogens (primary N) is 1. The SMILES string of the molecule is CCN1CCN(C(=O)c2cc(F)c(NC(=O)ON3CCc4c(-c5cnc(N)nc5)nc(N5CCOCC5)nc43)c(F)c2)CC1. The van der Waals surface area contributed by atoms with Crippen LogP contribution in [0.4, 0.5) is 37.0 Å². The van der Waals surface area contributed by atoms with Gasteiger partial charge < -0.3 is 30.0 Å². The highest BCUT2D eigenvalue weighted by molar-refractivity contribution is 5.95. The molecule has 6 rings (SSSR count). The van der Waals surface area contributed by atoms with Gasteiger partial charge in [-0.15, -0.1) is 0 Å². The molecular weight excluding hydrogens is 578 g/mol. The lowest BCUT2D eigenvalue weighted by Crippen LogP contribution is -2.48. The average molecular weight is 611 g/mol. The number of anilines is 4. The summed E-state index contributed by atoms with van der Waals surface area (Å²) in [5.41, 5.74) is 6.65. The average Bonchev–Trinajstić information content (AvgIpc) is 3.45. The Balaban J connectivity index is 1.20. The number of nitrogens with one attached hydrogen (secondary N) is 1. The lowest BCUT2D eigenvalue weighted by atomic mass is 10.1. The van der Waals surface area contributed by atoms with Crippen LogP contribution in [-0.2, 0) is 16.0 Å². The summed E-state index contributed by atoms with van der Waals surface area (Å²) >= 11 is 0. The van der Waals surface area contributed by atoms with Gasteiger partial charge in [0.2, 0.25) is 11.9 Å². The van der Waals surface area contributed by atoms with Crippen LogP contribution in [0.25, 0.3) is 11.3 Å². The molecule has 3 N–H and O–H groups in total. The molecule has 3 aliphatic heterocycles. The molecule has 2 saturated heterocycles. The number of rotatable bonds is 6. The predicted molar refractivity (Wildman–Crippen MR) is 156 cm³/mol. The lowest BCUT2D eigenvalue weighted by Gasteiger charge is -2.34. The van der Waals surface area contributed by atoms with Gasteiger partial charge in [0.05, 0.1) is 25.5 Å². The van der Waals surface area contributed by atoms with Crippen molar-refractivity contribution in [2.24, 2.45) is 0 Å². The molecule has 1 aromatic carbocycles. The van der Waals surface area contributed by atoms with E-state index in [1.807, 2.05) is 11.8 Å². The van der Waals surface area contributed by atoms with E-state index in [1.54, 1.807) is 17.3 Å². The van der Waals surface area contributed by atoms with Crippen LogP contribution in [0.2, 0.25) is 0 Å².